The molecule has 0 saturated carbocycles. The zero-order valence-electron chi connectivity index (χ0n) is 21.2. The van der Waals surface area contributed by atoms with Crippen molar-refractivity contribution in [2.75, 3.05) is 13.7 Å². The Morgan fingerprint density at radius 2 is 1.40 bits per heavy atom. The van der Waals surface area contributed by atoms with Crippen molar-refractivity contribution in [3.63, 3.8) is 0 Å². The van der Waals surface area contributed by atoms with Crippen molar-refractivity contribution in [1.82, 2.24) is 0 Å². The number of halogens is 3. The molecule has 0 aromatic heterocycles. The molecule has 0 saturated heterocycles. The third-order valence-corrected chi connectivity index (χ3v) is 4.59. The van der Waals surface area contributed by atoms with Crippen molar-refractivity contribution >= 4 is 0 Å². The minimum absolute atomic E-state index is 0.00779. The van der Waals surface area contributed by atoms with Crippen LogP contribution in [0.5, 0.6) is 0 Å². The number of allylic oxidation sites excluding steroid dienone is 12. The first kappa shape index (κ1) is 33.6. The first-order valence-corrected chi connectivity index (χ1v) is 10.6. The summed E-state index contributed by atoms with van der Waals surface area (Å²) in [4.78, 5) is 0. The lowest BCUT2D eigenvalue weighted by Crippen LogP contribution is -2.02. The third-order valence-electron chi connectivity index (χ3n) is 4.59. The maximum atomic E-state index is 14.6. The molecule has 0 N–H and O–H groups in total. The highest BCUT2D eigenvalue weighted by molar-refractivity contribution is 5.53. The zero-order valence-corrected chi connectivity index (χ0v) is 21.2. The largest absolute Gasteiger partial charge is 0.487 e. The smallest absolute Gasteiger partial charge is 0.200 e. The monoisotopic (exact) mass is 486 g/mol. The SMILES string of the molecule is C=C.C=CCOC(=C)/C(F)=C(/F)C(=C)C(=C)/C=C\C(=C)C(=C)/C=C(/F)C(=C)/C(C)=C/CC(C)OC. The van der Waals surface area contributed by atoms with Gasteiger partial charge < -0.3 is 9.47 Å². The second-order valence-electron chi connectivity index (χ2n) is 7.18. The summed E-state index contributed by atoms with van der Waals surface area (Å²) in [7, 11) is 1.60. The molecule has 0 heterocycles. The van der Waals surface area contributed by atoms with Gasteiger partial charge in [-0.3, -0.25) is 0 Å². The average Bonchev–Trinajstić information content (AvgIpc) is 2.87. The molecule has 0 aliphatic carbocycles. The molecule has 0 amide bonds. The van der Waals surface area contributed by atoms with Gasteiger partial charge in [-0.05, 0) is 48.6 Å². The second kappa shape index (κ2) is 17.8. The van der Waals surface area contributed by atoms with Crippen LogP contribution >= 0.6 is 0 Å². The Balaban J connectivity index is 0. The van der Waals surface area contributed by atoms with Crippen LogP contribution in [-0.4, -0.2) is 19.8 Å². The molecule has 0 aliphatic rings. The molecule has 0 aromatic carbocycles. The van der Waals surface area contributed by atoms with Crippen LogP contribution < -0.4 is 0 Å². The Bertz CT molecular complexity index is 972. The fourth-order valence-corrected chi connectivity index (χ4v) is 2.11. The summed E-state index contributed by atoms with van der Waals surface area (Å²) in [5.74, 6) is -3.59. The van der Waals surface area contributed by atoms with Gasteiger partial charge in [0.2, 0.25) is 5.83 Å². The third kappa shape index (κ3) is 12.5. The van der Waals surface area contributed by atoms with Crippen LogP contribution in [0, 0.1) is 0 Å². The Labute approximate surface area is 209 Å². The lowest BCUT2D eigenvalue weighted by atomic mass is 10.0. The lowest BCUT2D eigenvalue weighted by Gasteiger charge is -2.09. The summed E-state index contributed by atoms with van der Waals surface area (Å²) < 4.78 is 53.0. The molecule has 2 nitrogen and oxygen atoms in total. The van der Waals surface area contributed by atoms with E-state index in [1.54, 1.807) is 14.0 Å². The van der Waals surface area contributed by atoms with Crippen LogP contribution in [0.25, 0.3) is 0 Å². The van der Waals surface area contributed by atoms with Gasteiger partial charge in [0.1, 0.15) is 12.4 Å². The quantitative estimate of drug-likeness (QED) is 0.130. The summed E-state index contributed by atoms with van der Waals surface area (Å²) >= 11 is 0. The lowest BCUT2D eigenvalue weighted by molar-refractivity contribution is 0.121. The fourth-order valence-electron chi connectivity index (χ4n) is 2.11. The Morgan fingerprint density at radius 3 is 1.91 bits per heavy atom. The fraction of sp³-hybridized carbons (Fsp3) is 0.200. The van der Waals surface area contributed by atoms with Gasteiger partial charge in [-0.15, -0.1) is 13.2 Å². The standard InChI is InChI=1S/C28H33F3O2.C2H4/c1-11-16-33-25(9)28(31)27(30)24(8)20(4)13-12-18(2)21(5)17-26(29)23(7)19(3)14-15-22(6)32-10;1-2/h11-14,17,22H,1-2,4-5,7-9,15-16H2,3,6,10H3;1-2H2/b13-12-,19-14+,26-17+,28-27-;. The predicted molar refractivity (Wildman–Crippen MR) is 145 cm³/mol. The van der Waals surface area contributed by atoms with Gasteiger partial charge >= 0.3 is 0 Å². The van der Waals surface area contributed by atoms with Crippen molar-refractivity contribution in [2.24, 2.45) is 0 Å². The van der Waals surface area contributed by atoms with Crippen molar-refractivity contribution < 1.29 is 22.6 Å². The molecule has 5 heteroatoms. The van der Waals surface area contributed by atoms with E-state index in [2.05, 4.69) is 59.2 Å². The van der Waals surface area contributed by atoms with E-state index < -0.39 is 23.2 Å². The first-order chi connectivity index (χ1) is 16.4. The predicted octanol–water partition coefficient (Wildman–Crippen LogP) is 9.22. The summed E-state index contributed by atoms with van der Waals surface area (Å²) in [6.45, 7) is 34.9. The van der Waals surface area contributed by atoms with Crippen LogP contribution in [0.15, 0.2) is 146 Å². The maximum absolute atomic E-state index is 14.6. The van der Waals surface area contributed by atoms with E-state index in [1.165, 1.54) is 24.3 Å². The van der Waals surface area contributed by atoms with Crippen LogP contribution in [-0.2, 0) is 9.47 Å². The molecule has 0 aliphatic heterocycles. The van der Waals surface area contributed by atoms with E-state index >= 15 is 0 Å². The van der Waals surface area contributed by atoms with Crippen molar-refractivity contribution in [3.8, 4) is 0 Å². The molecule has 0 fully saturated rings. The summed E-state index contributed by atoms with van der Waals surface area (Å²) in [5, 5.41) is 0. The molecule has 190 valence electrons. The van der Waals surface area contributed by atoms with Gasteiger partial charge in [0.05, 0.1) is 6.10 Å². The minimum Gasteiger partial charge on any atom is -0.487 e. The molecule has 1 atom stereocenters. The summed E-state index contributed by atoms with van der Waals surface area (Å²) in [6, 6.07) is 0. The normalized spacial score (nSPS) is 13.1. The molecule has 35 heavy (non-hydrogen) atoms. The summed E-state index contributed by atoms with van der Waals surface area (Å²) in [6.07, 6.45) is 7.86. The van der Waals surface area contributed by atoms with E-state index in [9.17, 15) is 13.2 Å². The average molecular weight is 487 g/mol. The topological polar surface area (TPSA) is 18.5 Å². The van der Waals surface area contributed by atoms with E-state index in [4.69, 9.17) is 9.47 Å². The van der Waals surface area contributed by atoms with E-state index in [-0.39, 0.29) is 35.0 Å². The van der Waals surface area contributed by atoms with Crippen LogP contribution in [0.1, 0.15) is 20.3 Å². The van der Waals surface area contributed by atoms with E-state index in [0.717, 1.165) is 0 Å². The molecule has 1 unspecified atom stereocenters. The van der Waals surface area contributed by atoms with Crippen LogP contribution in [0.3, 0.4) is 0 Å². The van der Waals surface area contributed by atoms with Gasteiger partial charge in [-0.2, -0.15) is 4.39 Å². The molecule has 0 radical (unpaired) electrons. The van der Waals surface area contributed by atoms with Gasteiger partial charge in [0, 0.05) is 18.3 Å². The van der Waals surface area contributed by atoms with Crippen molar-refractivity contribution in [1.29, 1.82) is 0 Å². The van der Waals surface area contributed by atoms with Gasteiger partial charge in [0.15, 0.2) is 11.6 Å². The highest BCUT2D eigenvalue weighted by Gasteiger charge is 2.15. The first-order valence-electron chi connectivity index (χ1n) is 10.6. The molecular weight excluding hydrogens is 449 g/mol. The number of methoxy groups -OCH3 is 1. The van der Waals surface area contributed by atoms with Crippen LogP contribution in [0.2, 0.25) is 0 Å². The number of rotatable bonds is 15. The Morgan fingerprint density at radius 1 is 0.857 bits per heavy atom. The molecule has 0 bridgehead atoms. The Hall–Kier alpha value is -3.57. The highest BCUT2D eigenvalue weighted by atomic mass is 19.2. The zero-order chi connectivity index (χ0) is 27.7. The van der Waals surface area contributed by atoms with E-state index in [0.29, 0.717) is 17.6 Å². The van der Waals surface area contributed by atoms with Gasteiger partial charge in [-0.1, -0.05) is 70.4 Å². The number of hydrogen-bond donors (Lipinski definition) is 0. The molecule has 0 rings (SSSR count). The van der Waals surface area contributed by atoms with Crippen LogP contribution in [0.4, 0.5) is 13.2 Å². The number of hydrogen-bond acceptors (Lipinski definition) is 2. The van der Waals surface area contributed by atoms with Gasteiger partial charge in [0.25, 0.3) is 0 Å². The van der Waals surface area contributed by atoms with E-state index in [1.807, 2.05) is 13.0 Å². The highest BCUT2D eigenvalue weighted by Crippen LogP contribution is 2.28. The molecule has 0 spiro atoms. The summed E-state index contributed by atoms with van der Waals surface area (Å²) in [5.41, 5.74) is 1.28. The van der Waals surface area contributed by atoms with Gasteiger partial charge in [-0.25, -0.2) is 8.78 Å². The van der Waals surface area contributed by atoms with Crippen molar-refractivity contribution in [3.05, 3.63) is 146 Å². The molecular formula is C30H37F3O2. The maximum Gasteiger partial charge on any atom is 0.200 e. The minimum atomic E-state index is -1.29. The number of ether oxygens (including phenoxy) is 2. The second-order valence-corrected chi connectivity index (χ2v) is 7.18. The Kier molecular flexibility index (Phi) is 17.1. The van der Waals surface area contributed by atoms with Crippen molar-refractivity contribution in [2.45, 2.75) is 26.4 Å². The molecule has 0 aromatic rings.